The topological polar surface area (TPSA) is 17.1 Å². The largest absolute Gasteiger partial charge is 0.276 e. The fourth-order valence-electron chi connectivity index (χ4n) is 0.790. The molecular weight excluding hydrogens is 244 g/mol. The highest BCUT2D eigenvalue weighted by Gasteiger charge is 2.05. The highest BCUT2D eigenvalue weighted by molar-refractivity contribution is 9.10. The van der Waals surface area contributed by atoms with Crippen molar-refractivity contribution < 1.29 is 4.79 Å². The summed E-state index contributed by atoms with van der Waals surface area (Å²) in [6.07, 6.45) is 0. The summed E-state index contributed by atoms with van der Waals surface area (Å²) in [6.45, 7) is 0. The van der Waals surface area contributed by atoms with Crippen molar-refractivity contribution in [2.75, 3.05) is 0 Å². The Kier molecular flexibility index (Phi) is 2.87. The lowest BCUT2D eigenvalue weighted by Gasteiger charge is -1.98. The fraction of sp³-hybridized carbons (Fsp3) is 0. The molecule has 0 saturated heterocycles. The van der Waals surface area contributed by atoms with Crippen LogP contribution in [0.25, 0.3) is 0 Å². The van der Waals surface area contributed by atoms with Crippen LogP contribution in [0.4, 0.5) is 0 Å². The second-order valence-electron chi connectivity index (χ2n) is 2.26. The SMILES string of the molecule is O=C(Cl)c1cc([SiH3])ccc1Br. The molecule has 0 N–H and O–H groups in total. The van der Waals surface area contributed by atoms with Crippen molar-refractivity contribution in [3.05, 3.63) is 28.2 Å². The number of hydrogen-bond acceptors (Lipinski definition) is 1. The van der Waals surface area contributed by atoms with Gasteiger partial charge in [-0.25, -0.2) is 0 Å². The van der Waals surface area contributed by atoms with Gasteiger partial charge >= 0.3 is 0 Å². The first-order valence-electron chi connectivity index (χ1n) is 3.07. The molecule has 4 heteroatoms. The van der Waals surface area contributed by atoms with Crippen LogP contribution in [-0.4, -0.2) is 15.5 Å². The van der Waals surface area contributed by atoms with Crippen LogP contribution >= 0.6 is 27.5 Å². The third-order valence-corrected chi connectivity index (χ3v) is 2.85. The van der Waals surface area contributed by atoms with Crippen molar-refractivity contribution in [2.24, 2.45) is 0 Å². The second-order valence-corrected chi connectivity index (χ2v) is 4.61. The van der Waals surface area contributed by atoms with E-state index in [1.165, 1.54) is 0 Å². The zero-order valence-electron chi connectivity index (χ0n) is 5.90. The molecule has 58 valence electrons. The lowest BCUT2D eigenvalue weighted by molar-refractivity contribution is 0.108. The second kappa shape index (κ2) is 3.52. The number of hydrogen-bond donors (Lipinski definition) is 0. The summed E-state index contributed by atoms with van der Waals surface area (Å²) in [6, 6.07) is 5.63. The molecule has 1 nitrogen and oxygen atoms in total. The van der Waals surface area contributed by atoms with Crippen LogP contribution in [0.15, 0.2) is 22.7 Å². The maximum atomic E-state index is 10.8. The van der Waals surface area contributed by atoms with Crippen LogP contribution in [-0.2, 0) is 0 Å². The van der Waals surface area contributed by atoms with Gasteiger partial charge in [0, 0.05) is 20.3 Å². The van der Waals surface area contributed by atoms with Gasteiger partial charge in [0.2, 0.25) is 0 Å². The minimum absolute atomic E-state index is 0.408. The van der Waals surface area contributed by atoms with Gasteiger partial charge in [-0.15, -0.1) is 0 Å². The molecule has 0 bridgehead atoms. The minimum Gasteiger partial charge on any atom is -0.276 e. The zero-order valence-corrected chi connectivity index (χ0v) is 10.2. The Morgan fingerprint density at radius 3 is 2.64 bits per heavy atom. The molecule has 0 aromatic heterocycles. The molecule has 0 amide bonds. The molecule has 0 spiro atoms. The first-order valence-corrected chi connectivity index (χ1v) is 5.24. The quantitative estimate of drug-likeness (QED) is 0.532. The van der Waals surface area contributed by atoms with Crippen LogP contribution in [0.1, 0.15) is 10.4 Å². The van der Waals surface area contributed by atoms with Gasteiger partial charge in [0.15, 0.2) is 0 Å². The molecule has 1 rings (SSSR count). The zero-order chi connectivity index (χ0) is 8.43. The molecule has 0 unspecified atom stereocenters. The maximum absolute atomic E-state index is 10.8. The molecule has 11 heavy (non-hydrogen) atoms. The summed E-state index contributed by atoms with van der Waals surface area (Å²) in [5.74, 6) is 0. The number of rotatable bonds is 1. The van der Waals surface area contributed by atoms with Gasteiger partial charge in [0.25, 0.3) is 5.24 Å². The highest BCUT2D eigenvalue weighted by atomic mass is 79.9. The molecular formula is C7H6BrClOSi. The van der Waals surface area contributed by atoms with E-state index in [1.807, 2.05) is 18.2 Å². The van der Waals surface area contributed by atoms with Crippen LogP contribution in [0.2, 0.25) is 0 Å². The van der Waals surface area contributed by atoms with Gasteiger partial charge < -0.3 is 0 Å². The molecule has 0 aliphatic carbocycles. The third-order valence-electron chi connectivity index (χ3n) is 1.33. The monoisotopic (exact) mass is 248 g/mol. The van der Waals surface area contributed by atoms with E-state index in [-0.39, 0.29) is 0 Å². The maximum Gasteiger partial charge on any atom is 0.253 e. The van der Waals surface area contributed by atoms with E-state index >= 15 is 0 Å². The molecule has 1 aromatic rings. The predicted molar refractivity (Wildman–Crippen MR) is 53.9 cm³/mol. The summed E-state index contributed by atoms with van der Waals surface area (Å²) in [5.41, 5.74) is 0.555. The lowest BCUT2D eigenvalue weighted by atomic mass is 10.2. The molecule has 1 aromatic carbocycles. The van der Waals surface area contributed by atoms with Crippen molar-refractivity contribution in [3.63, 3.8) is 0 Å². The molecule has 0 heterocycles. The van der Waals surface area contributed by atoms with Crippen LogP contribution < -0.4 is 5.19 Å². The number of benzene rings is 1. The fourth-order valence-corrected chi connectivity index (χ4v) is 1.94. The van der Waals surface area contributed by atoms with E-state index < -0.39 is 5.24 Å². The molecule has 0 fully saturated rings. The summed E-state index contributed by atoms with van der Waals surface area (Å²) in [4.78, 5) is 10.8. The van der Waals surface area contributed by atoms with Crippen LogP contribution in [0.3, 0.4) is 0 Å². The normalized spacial score (nSPS) is 10.0. The van der Waals surface area contributed by atoms with Crippen LogP contribution in [0.5, 0.6) is 0 Å². The average Bonchev–Trinajstić information content (AvgIpc) is 1.94. The van der Waals surface area contributed by atoms with Crippen molar-refractivity contribution >= 4 is 48.2 Å². The van der Waals surface area contributed by atoms with E-state index in [2.05, 4.69) is 15.9 Å². The van der Waals surface area contributed by atoms with E-state index in [0.29, 0.717) is 5.56 Å². The summed E-state index contributed by atoms with van der Waals surface area (Å²) in [7, 11) is 0.934. The Labute approximate surface area is 81.3 Å². The van der Waals surface area contributed by atoms with Gasteiger partial charge in [0.05, 0.1) is 0 Å². The molecule has 0 saturated carbocycles. The van der Waals surface area contributed by atoms with Crippen molar-refractivity contribution in [1.29, 1.82) is 0 Å². The lowest BCUT2D eigenvalue weighted by Crippen LogP contribution is -2.04. The first-order chi connectivity index (χ1) is 5.11. The Balaban J connectivity index is 3.23. The Morgan fingerprint density at radius 1 is 1.55 bits per heavy atom. The van der Waals surface area contributed by atoms with E-state index in [9.17, 15) is 4.79 Å². The van der Waals surface area contributed by atoms with Crippen molar-refractivity contribution in [1.82, 2.24) is 0 Å². The van der Waals surface area contributed by atoms with E-state index in [1.54, 1.807) is 0 Å². The van der Waals surface area contributed by atoms with Gasteiger partial charge in [-0.05, 0) is 17.7 Å². The smallest absolute Gasteiger partial charge is 0.253 e. The van der Waals surface area contributed by atoms with Gasteiger partial charge in [-0.2, -0.15) is 0 Å². The average molecular weight is 250 g/mol. The molecule has 0 atom stereocenters. The molecule has 0 radical (unpaired) electrons. The Hall–Kier alpha value is -0.123. The van der Waals surface area contributed by atoms with Crippen LogP contribution in [0, 0.1) is 0 Å². The summed E-state index contributed by atoms with van der Waals surface area (Å²) < 4.78 is 0.761. The van der Waals surface area contributed by atoms with E-state index in [0.717, 1.165) is 19.9 Å². The summed E-state index contributed by atoms with van der Waals surface area (Å²) >= 11 is 8.57. The predicted octanol–water partition coefficient (Wildman–Crippen LogP) is 0.819. The van der Waals surface area contributed by atoms with E-state index in [4.69, 9.17) is 11.6 Å². The number of carbonyl (C=O) groups is 1. The highest BCUT2D eigenvalue weighted by Crippen LogP contribution is 2.16. The number of carbonyl (C=O) groups excluding carboxylic acids is 1. The van der Waals surface area contributed by atoms with Crippen molar-refractivity contribution in [3.8, 4) is 0 Å². The minimum atomic E-state index is -0.408. The Bertz CT molecular complexity index is 300. The third kappa shape index (κ3) is 2.15. The molecule has 0 aliphatic rings. The Morgan fingerprint density at radius 2 is 2.18 bits per heavy atom. The van der Waals surface area contributed by atoms with Gasteiger partial charge in [0.1, 0.15) is 0 Å². The van der Waals surface area contributed by atoms with Gasteiger partial charge in [-0.3, -0.25) is 4.79 Å². The molecule has 0 aliphatic heterocycles. The standard InChI is InChI=1S/C7H6BrClOSi/c8-6-2-1-4(11)3-5(6)7(9)10/h1-3H,11H3. The summed E-state index contributed by atoms with van der Waals surface area (Å²) in [5, 5.41) is 0.756. The van der Waals surface area contributed by atoms with Crippen molar-refractivity contribution in [2.45, 2.75) is 0 Å². The number of halogens is 2. The van der Waals surface area contributed by atoms with Gasteiger partial charge in [-0.1, -0.05) is 33.2 Å². The first kappa shape index (κ1) is 8.97.